The zero-order chi connectivity index (χ0) is 21.3. The Hall–Kier alpha value is -2.80. The molecular formula is C23H25N3O3S. The fourth-order valence-corrected chi connectivity index (χ4v) is 4.95. The molecule has 0 spiro atoms. The first-order chi connectivity index (χ1) is 14.4. The molecule has 30 heavy (non-hydrogen) atoms. The second kappa shape index (κ2) is 8.52. The number of para-hydroxylation sites is 1. The summed E-state index contributed by atoms with van der Waals surface area (Å²) in [6.45, 7) is 4.85. The van der Waals surface area contributed by atoms with E-state index in [1.807, 2.05) is 56.3 Å². The molecule has 0 aliphatic carbocycles. The molecule has 7 heteroatoms. The molecule has 2 heterocycles. The summed E-state index contributed by atoms with van der Waals surface area (Å²) in [7, 11) is 0. The smallest absolute Gasteiger partial charge is 0.247 e. The Morgan fingerprint density at radius 2 is 1.97 bits per heavy atom. The number of benzene rings is 2. The molecule has 2 atom stereocenters. The van der Waals surface area contributed by atoms with Crippen LogP contribution < -0.4 is 10.6 Å². The van der Waals surface area contributed by atoms with Gasteiger partial charge in [-0.25, -0.2) is 0 Å². The molecule has 0 bridgehead atoms. The van der Waals surface area contributed by atoms with Gasteiger partial charge in [0.25, 0.3) is 0 Å². The predicted molar refractivity (Wildman–Crippen MR) is 119 cm³/mol. The molecule has 2 aromatic carbocycles. The van der Waals surface area contributed by atoms with Gasteiger partial charge in [0.05, 0.1) is 11.6 Å². The van der Waals surface area contributed by atoms with Gasteiger partial charge in [0.1, 0.15) is 0 Å². The molecular weight excluding hydrogens is 398 g/mol. The Morgan fingerprint density at radius 3 is 2.80 bits per heavy atom. The summed E-state index contributed by atoms with van der Waals surface area (Å²) in [6.07, 6.45) is 1.47. The molecule has 0 radical (unpaired) electrons. The Morgan fingerprint density at radius 1 is 1.17 bits per heavy atom. The highest BCUT2D eigenvalue weighted by Gasteiger charge is 2.38. The normalized spacial score (nSPS) is 20.9. The number of nitrogens with one attached hydrogen (secondary N) is 2. The molecule has 2 aromatic rings. The van der Waals surface area contributed by atoms with Crippen molar-refractivity contribution in [2.75, 3.05) is 23.7 Å². The van der Waals surface area contributed by atoms with Crippen LogP contribution in [0.4, 0.5) is 11.4 Å². The average molecular weight is 424 g/mol. The highest BCUT2D eigenvalue weighted by Crippen LogP contribution is 2.36. The van der Waals surface area contributed by atoms with E-state index in [1.165, 1.54) is 11.8 Å². The monoisotopic (exact) mass is 423 g/mol. The largest absolute Gasteiger partial charge is 0.340 e. The van der Waals surface area contributed by atoms with Crippen molar-refractivity contribution in [1.82, 2.24) is 4.90 Å². The fraction of sp³-hybridized carbons (Fsp3) is 0.348. The number of carbonyl (C=O) groups excluding carboxylic acids is 3. The maximum Gasteiger partial charge on any atom is 0.247 e. The van der Waals surface area contributed by atoms with Crippen molar-refractivity contribution < 1.29 is 14.4 Å². The number of fused-ring (bicyclic) bond motifs is 1. The third-order valence-electron chi connectivity index (χ3n) is 5.61. The molecule has 0 saturated carbocycles. The van der Waals surface area contributed by atoms with Crippen molar-refractivity contribution in [3.8, 4) is 0 Å². The number of carbonyl (C=O) groups is 3. The lowest BCUT2D eigenvalue weighted by Crippen LogP contribution is -2.50. The quantitative estimate of drug-likeness (QED) is 0.740. The van der Waals surface area contributed by atoms with Crippen molar-refractivity contribution in [3.05, 3.63) is 53.6 Å². The van der Waals surface area contributed by atoms with Gasteiger partial charge in [0.2, 0.25) is 17.7 Å². The van der Waals surface area contributed by atoms with E-state index >= 15 is 0 Å². The van der Waals surface area contributed by atoms with Gasteiger partial charge in [0, 0.05) is 23.7 Å². The summed E-state index contributed by atoms with van der Waals surface area (Å²) < 4.78 is 0. The van der Waals surface area contributed by atoms with Crippen LogP contribution in [0.15, 0.2) is 47.4 Å². The average Bonchev–Trinajstić information content (AvgIpc) is 2.75. The molecule has 1 saturated heterocycles. The van der Waals surface area contributed by atoms with E-state index in [4.69, 9.17) is 0 Å². The van der Waals surface area contributed by atoms with Crippen LogP contribution in [0.25, 0.3) is 0 Å². The zero-order valence-corrected chi connectivity index (χ0v) is 17.9. The van der Waals surface area contributed by atoms with Gasteiger partial charge < -0.3 is 15.5 Å². The lowest BCUT2D eigenvalue weighted by molar-refractivity contribution is -0.136. The first-order valence-electron chi connectivity index (χ1n) is 10.2. The first kappa shape index (κ1) is 20.5. The standard InChI is InChI=1S/C23H25N3O3S/c1-14-9-10-15(2)18(12-14)25-21(27)16-6-5-11-26(13-16)23(29)20-22(28)24-17-7-3-4-8-19(17)30-20/h3-4,7-10,12,16,20H,5-6,11,13H2,1-2H3,(H,24,28)(H,25,27)/t16-,20+/m1/s1. The Bertz CT molecular complexity index is 1010. The third-order valence-corrected chi connectivity index (χ3v) is 6.87. The van der Waals surface area contributed by atoms with E-state index in [1.54, 1.807) is 4.90 Å². The van der Waals surface area contributed by atoms with Gasteiger partial charge >= 0.3 is 0 Å². The molecule has 6 nitrogen and oxygen atoms in total. The van der Waals surface area contributed by atoms with Crippen LogP contribution in [0.3, 0.4) is 0 Å². The molecule has 0 unspecified atom stereocenters. The number of hydrogen-bond acceptors (Lipinski definition) is 4. The van der Waals surface area contributed by atoms with Crippen LogP contribution in [0.2, 0.25) is 0 Å². The third kappa shape index (κ3) is 4.21. The van der Waals surface area contributed by atoms with E-state index in [0.717, 1.165) is 40.2 Å². The molecule has 2 N–H and O–H groups in total. The van der Waals surface area contributed by atoms with Gasteiger partial charge in [0.15, 0.2) is 5.25 Å². The number of likely N-dealkylation sites (tertiary alicyclic amines) is 1. The van der Waals surface area contributed by atoms with E-state index < -0.39 is 5.25 Å². The molecule has 2 aliphatic heterocycles. The molecule has 0 aromatic heterocycles. The van der Waals surface area contributed by atoms with Crippen molar-refractivity contribution in [2.24, 2.45) is 5.92 Å². The van der Waals surface area contributed by atoms with Crippen LogP contribution in [0.5, 0.6) is 0 Å². The van der Waals surface area contributed by atoms with Crippen molar-refractivity contribution in [3.63, 3.8) is 0 Å². The zero-order valence-electron chi connectivity index (χ0n) is 17.1. The number of hydrogen-bond donors (Lipinski definition) is 2. The Kier molecular flexibility index (Phi) is 5.81. The predicted octanol–water partition coefficient (Wildman–Crippen LogP) is 3.59. The fourth-order valence-electron chi connectivity index (χ4n) is 3.88. The number of rotatable bonds is 3. The number of anilines is 2. The van der Waals surface area contributed by atoms with Crippen LogP contribution in [-0.2, 0) is 14.4 Å². The van der Waals surface area contributed by atoms with Crippen LogP contribution >= 0.6 is 11.8 Å². The summed E-state index contributed by atoms with van der Waals surface area (Å²) in [5, 5.41) is 5.02. The van der Waals surface area contributed by atoms with Crippen LogP contribution in [0, 0.1) is 19.8 Å². The van der Waals surface area contributed by atoms with Crippen LogP contribution in [-0.4, -0.2) is 41.0 Å². The molecule has 1 fully saturated rings. The van der Waals surface area contributed by atoms with E-state index in [9.17, 15) is 14.4 Å². The van der Waals surface area contributed by atoms with Crippen LogP contribution in [0.1, 0.15) is 24.0 Å². The highest BCUT2D eigenvalue weighted by atomic mass is 32.2. The SMILES string of the molecule is Cc1ccc(C)c(NC(=O)[C@@H]2CCCN(C(=O)[C@H]3Sc4ccccc4NC3=O)C2)c1. The maximum atomic E-state index is 13.1. The van der Waals surface area contributed by atoms with Gasteiger partial charge in [-0.3, -0.25) is 14.4 Å². The summed E-state index contributed by atoms with van der Waals surface area (Å²) in [5.74, 6) is -0.888. The van der Waals surface area contributed by atoms with E-state index in [-0.39, 0.29) is 23.6 Å². The molecule has 2 aliphatic rings. The number of nitrogens with zero attached hydrogens (tertiary/aromatic N) is 1. The summed E-state index contributed by atoms with van der Waals surface area (Å²) in [4.78, 5) is 41.0. The summed E-state index contributed by atoms with van der Waals surface area (Å²) in [5.41, 5.74) is 3.63. The van der Waals surface area contributed by atoms with Gasteiger partial charge in [-0.05, 0) is 56.0 Å². The number of amides is 3. The summed E-state index contributed by atoms with van der Waals surface area (Å²) in [6, 6.07) is 13.4. The van der Waals surface area contributed by atoms with Gasteiger partial charge in [-0.1, -0.05) is 24.3 Å². The second-order valence-electron chi connectivity index (χ2n) is 7.91. The van der Waals surface area contributed by atoms with Gasteiger partial charge in [-0.2, -0.15) is 0 Å². The number of piperidine rings is 1. The van der Waals surface area contributed by atoms with Gasteiger partial charge in [-0.15, -0.1) is 11.8 Å². The second-order valence-corrected chi connectivity index (χ2v) is 9.06. The minimum atomic E-state index is -0.819. The molecule has 3 amide bonds. The number of thioether (sulfide) groups is 1. The maximum absolute atomic E-state index is 13.1. The minimum absolute atomic E-state index is 0.0766. The van der Waals surface area contributed by atoms with Crippen molar-refractivity contribution in [1.29, 1.82) is 0 Å². The molecule has 156 valence electrons. The Balaban J connectivity index is 1.43. The summed E-state index contributed by atoms with van der Waals surface area (Å²) >= 11 is 1.28. The number of aryl methyl sites for hydroxylation is 2. The van der Waals surface area contributed by atoms with Crippen molar-refractivity contribution in [2.45, 2.75) is 36.8 Å². The minimum Gasteiger partial charge on any atom is -0.340 e. The lowest BCUT2D eigenvalue weighted by atomic mass is 9.96. The van der Waals surface area contributed by atoms with Crippen molar-refractivity contribution >= 4 is 40.9 Å². The molecule has 4 rings (SSSR count). The highest BCUT2D eigenvalue weighted by molar-refractivity contribution is 8.01. The Labute approximate surface area is 180 Å². The van der Waals surface area contributed by atoms with E-state index in [2.05, 4.69) is 10.6 Å². The first-order valence-corrected chi connectivity index (χ1v) is 11.0. The van der Waals surface area contributed by atoms with E-state index in [0.29, 0.717) is 13.1 Å². The lowest BCUT2D eigenvalue weighted by Gasteiger charge is -2.35. The topological polar surface area (TPSA) is 78.5 Å².